The van der Waals surface area contributed by atoms with Crippen molar-refractivity contribution in [1.82, 2.24) is 4.72 Å². The van der Waals surface area contributed by atoms with Gasteiger partial charge in [-0.05, 0) is 104 Å². The highest BCUT2D eigenvalue weighted by Gasteiger charge is 2.45. The van der Waals surface area contributed by atoms with E-state index in [0.717, 1.165) is 61.9 Å². The number of halogens is 1. The van der Waals surface area contributed by atoms with Gasteiger partial charge in [-0.25, -0.2) is 13.1 Å². The molecule has 9 heteroatoms. The van der Waals surface area contributed by atoms with Gasteiger partial charge >= 0.3 is 0 Å². The third-order valence-electron chi connectivity index (χ3n) is 10.3. The maximum atomic E-state index is 13.2. The Morgan fingerprint density at radius 2 is 1.85 bits per heavy atom. The van der Waals surface area contributed by atoms with Crippen molar-refractivity contribution >= 4 is 33.2 Å². The number of phenols is 1. The molecule has 2 N–H and O–H groups in total. The van der Waals surface area contributed by atoms with Gasteiger partial charge in [-0.3, -0.25) is 4.79 Å². The molecule has 2 fully saturated rings. The van der Waals surface area contributed by atoms with Crippen LogP contribution in [0.2, 0.25) is 5.02 Å². The molecular formula is C31H37ClN2O5S. The zero-order valence-corrected chi connectivity index (χ0v) is 24.3. The van der Waals surface area contributed by atoms with Gasteiger partial charge < -0.3 is 14.7 Å². The molecule has 3 aliphatic carbocycles. The number of rotatable bonds is 0. The molecule has 0 radical (unpaired) electrons. The van der Waals surface area contributed by atoms with Crippen molar-refractivity contribution < 1.29 is 23.1 Å². The van der Waals surface area contributed by atoms with Crippen LogP contribution in [-0.2, 0) is 21.9 Å². The maximum Gasteiger partial charge on any atom is 0.264 e. The number of sulfonamides is 1. The Balaban J connectivity index is 1.28. The second-order valence-corrected chi connectivity index (χ2v) is 15.1. The van der Waals surface area contributed by atoms with E-state index in [-0.39, 0.29) is 22.8 Å². The number of carbonyl (C=O) groups is 1. The predicted molar refractivity (Wildman–Crippen MR) is 155 cm³/mol. The molecule has 2 aromatic rings. The first-order valence-corrected chi connectivity index (χ1v) is 16.8. The lowest BCUT2D eigenvalue weighted by atomic mass is 9.68. The summed E-state index contributed by atoms with van der Waals surface area (Å²) >= 11 is 6.31. The van der Waals surface area contributed by atoms with Gasteiger partial charge in [-0.1, -0.05) is 30.9 Å². The van der Waals surface area contributed by atoms with Crippen molar-refractivity contribution in [2.75, 3.05) is 30.3 Å². The Morgan fingerprint density at radius 3 is 2.67 bits per heavy atom. The van der Waals surface area contributed by atoms with Crippen LogP contribution in [0.4, 0.5) is 5.69 Å². The van der Waals surface area contributed by atoms with Crippen LogP contribution in [0.25, 0.3) is 0 Å². The van der Waals surface area contributed by atoms with Crippen LogP contribution in [0, 0.1) is 23.7 Å². The molecule has 0 saturated heterocycles. The number of amides is 1. The Morgan fingerprint density at radius 1 is 1.02 bits per heavy atom. The lowest BCUT2D eigenvalue weighted by Gasteiger charge is -2.44. The summed E-state index contributed by atoms with van der Waals surface area (Å²) in [7, 11) is -3.71. The van der Waals surface area contributed by atoms with Gasteiger partial charge in [0, 0.05) is 24.1 Å². The Kier molecular flexibility index (Phi) is 6.50. The average molecular weight is 585 g/mol. The van der Waals surface area contributed by atoms with Crippen LogP contribution in [0.3, 0.4) is 0 Å². The second kappa shape index (κ2) is 9.83. The number of phenolic OH excluding ortho intramolecular Hbond substituents is 1. The molecule has 1 amide bonds. The van der Waals surface area contributed by atoms with Crippen molar-refractivity contribution in [2.24, 2.45) is 23.7 Å². The fourth-order valence-electron chi connectivity index (χ4n) is 7.85. The summed E-state index contributed by atoms with van der Waals surface area (Å²) in [6.07, 6.45) is 9.62. The highest BCUT2D eigenvalue weighted by atomic mass is 35.5. The van der Waals surface area contributed by atoms with Crippen molar-refractivity contribution in [3.8, 4) is 11.5 Å². The molecule has 5 aliphatic rings. The highest BCUT2D eigenvalue weighted by Crippen LogP contribution is 2.49. The fraction of sp³-hybridized carbons (Fsp3) is 0.581. The number of hydrogen-bond acceptors (Lipinski definition) is 6. The topological polar surface area (TPSA) is 95.9 Å². The van der Waals surface area contributed by atoms with Crippen LogP contribution in [0.5, 0.6) is 11.5 Å². The first-order chi connectivity index (χ1) is 19.2. The number of benzene rings is 2. The first kappa shape index (κ1) is 26.4. The van der Waals surface area contributed by atoms with Gasteiger partial charge in [0.25, 0.3) is 5.91 Å². The van der Waals surface area contributed by atoms with Crippen molar-refractivity contribution in [1.29, 1.82) is 0 Å². The second-order valence-electron chi connectivity index (χ2n) is 12.9. The van der Waals surface area contributed by atoms with Gasteiger partial charge in [-0.15, -0.1) is 0 Å². The minimum absolute atomic E-state index is 0.0222. The van der Waals surface area contributed by atoms with Crippen LogP contribution in [-0.4, -0.2) is 44.9 Å². The smallest absolute Gasteiger partial charge is 0.264 e. The van der Waals surface area contributed by atoms with E-state index in [9.17, 15) is 18.3 Å². The van der Waals surface area contributed by atoms with Gasteiger partial charge in [0.05, 0.1) is 23.1 Å². The molecule has 0 unspecified atom stereocenters. The normalized spacial score (nSPS) is 32.8. The summed E-state index contributed by atoms with van der Waals surface area (Å²) in [5, 5.41) is 10.9. The molecule has 0 aromatic heterocycles. The van der Waals surface area contributed by atoms with E-state index in [1.54, 1.807) is 6.07 Å². The quantitative estimate of drug-likeness (QED) is 0.429. The minimum Gasteiger partial charge on any atom is -0.506 e. The molecule has 40 heavy (non-hydrogen) atoms. The molecule has 2 heterocycles. The van der Waals surface area contributed by atoms with Gasteiger partial charge in [0.2, 0.25) is 10.0 Å². The third-order valence-corrected chi connectivity index (χ3v) is 12.0. The van der Waals surface area contributed by atoms with E-state index in [0.29, 0.717) is 47.2 Å². The van der Waals surface area contributed by atoms with E-state index in [4.69, 9.17) is 16.3 Å². The minimum atomic E-state index is -3.71. The lowest BCUT2D eigenvalue weighted by molar-refractivity contribution is 0.0981. The number of nitrogens with one attached hydrogen (secondary N) is 1. The van der Waals surface area contributed by atoms with Crippen molar-refractivity contribution in [3.05, 3.63) is 52.0 Å². The van der Waals surface area contributed by atoms with Crippen LogP contribution in [0.15, 0.2) is 30.3 Å². The summed E-state index contributed by atoms with van der Waals surface area (Å²) in [4.78, 5) is 15.6. The molecule has 7 nitrogen and oxygen atoms in total. The SMILES string of the molecule is O=C1NS(=O)(=O)C[C@H]2C[C@H]2CCC[C@@H]2CC[C@H]2CN2C[C@@]3(CCCc4cc(Cl)c(O)cc43)COc3ccc1cc32. The number of aromatic hydroxyl groups is 1. The van der Waals surface area contributed by atoms with Gasteiger partial charge in [0.15, 0.2) is 0 Å². The molecule has 2 aromatic carbocycles. The summed E-state index contributed by atoms with van der Waals surface area (Å²) in [6.45, 7) is 2.03. The Hall–Kier alpha value is -2.45. The van der Waals surface area contributed by atoms with Crippen LogP contribution < -0.4 is 14.4 Å². The number of aryl methyl sites for hydroxylation is 1. The standard InChI is InChI=1S/C31H37ClN2O5S/c32-26-12-21-5-2-10-31(25(21)14-28(26)35)17-34-15-23-7-6-19(23)3-1-4-20-11-24(20)16-40(37,38)33-30(36)22-8-9-29(39-18-31)27(34)13-22/h8-9,12-14,19-20,23-24,35H,1-7,10-11,15-18H2,(H,33,36)/t19-,20-,23+,24-,31+/m1/s1. The summed E-state index contributed by atoms with van der Waals surface area (Å²) in [5.41, 5.74) is 3.08. The van der Waals surface area contributed by atoms with Crippen molar-refractivity contribution in [3.63, 3.8) is 0 Å². The van der Waals surface area contributed by atoms with Crippen LogP contribution >= 0.6 is 11.6 Å². The maximum absolute atomic E-state index is 13.2. The number of nitrogens with zero attached hydrogens (tertiary/aromatic N) is 1. The van der Waals surface area contributed by atoms with Crippen molar-refractivity contribution in [2.45, 2.75) is 63.2 Å². The lowest BCUT2D eigenvalue weighted by Crippen LogP contribution is -2.48. The fourth-order valence-corrected chi connectivity index (χ4v) is 9.49. The van der Waals surface area contributed by atoms with Crippen LogP contribution in [0.1, 0.15) is 72.9 Å². The number of ether oxygens (including phenoxy) is 1. The zero-order chi connectivity index (χ0) is 27.6. The summed E-state index contributed by atoms with van der Waals surface area (Å²) < 4.78 is 34.5. The molecule has 2 bridgehead atoms. The summed E-state index contributed by atoms with van der Waals surface area (Å²) in [6, 6.07) is 9.00. The monoisotopic (exact) mass is 584 g/mol. The predicted octanol–water partition coefficient (Wildman–Crippen LogP) is 5.42. The molecule has 214 valence electrons. The number of carbonyl (C=O) groups excluding carboxylic acids is 1. The molecule has 7 rings (SSSR count). The van der Waals surface area contributed by atoms with E-state index in [1.165, 1.54) is 19.3 Å². The molecule has 5 atom stereocenters. The number of anilines is 1. The van der Waals surface area contributed by atoms with E-state index < -0.39 is 15.9 Å². The van der Waals surface area contributed by atoms with Gasteiger partial charge in [0.1, 0.15) is 11.5 Å². The zero-order valence-electron chi connectivity index (χ0n) is 22.7. The van der Waals surface area contributed by atoms with E-state index in [2.05, 4.69) is 9.62 Å². The molecular weight excluding hydrogens is 548 g/mol. The number of fused-ring (bicyclic) bond motifs is 5. The third kappa shape index (κ3) is 4.85. The summed E-state index contributed by atoms with van der Waals surface area (Å²) in [5.74, 6) is 2.10. The largest absolute Gasteiger partial charge is 0.506 e. The van der Waals surface area contributed by atoms with Gasteiger partial charge in [-0.2, -0.15) is 0 Å². The Bertz CT molecular complexity index is 1460. The number of hydrogen-bond donors (Lipinski definition) is 2. The first-order valence-electron chi connectivity index (χ1n) is 14.8. The highest BCUT2D eigenvalue weighted by molar-refractivity contribution is 7.90. The van der Waals surface area contributed by atoms with E-state index in [1.807, 2.05) is 24.3 Å². The van der Waals surface area contributed by atoms with E-state index >= 15 is 0 Å². The molecule has 2 aliphatic heterocycles. The molecule has 1 spiro atoms. The average Bonchev–Trinajstić information content (AvgIpc) is 3.65. The Labute approximate surface area is 241 Å². The molecule has 2 saturated carbocycles.